The van der Waals surface area contributed by atoms with Gasteiger partial charge in [-0.15, -0.1) is 0 Å². The third-order valence-electron chi connectivity index (χ3n) is 3.74. The van der Waals surface area contributed by atoms with E-state index in [1.54, 1.807) is 6.07 Å². The van der Waals surface area contributed by atoms with Gasteiger partial charge in [0, 0.05) is 19.1 Å². The number of benzene rings is 1. The summed E-state index contributed by atoms with van der Waals surface area (Å²) in [5, 5.41) is 9.09. The zero-order valence-corrected chi connectivity index (χ0v) is 12.3. The van der Waals surface area contributed by atoms with Crippen molar-refractivity contribution >= 4 is 10.0 Å². The maximum Gasteiger partial charge on any atom is 0.218 e. The molecule has 0 bridgehead atoms. The van der Waals surface area contributed by atoms with Gasteiger partial charge in [-0.1, -0.05) is 30.7 Å². The molecule has 20 heavy (non-hydrogen) atoms. The first kappa shape index (κ1) is 15.4. The first-order valence-electron chi connectivity index (χ1n) is 6.95. The lowest BCUT2D eigenvalue weighted by atomic mass is 9.93. The van der Waals surface area contributed by atoms with Crippen LogP contribution in [0.2, 0.25) is 0 Å². The average molecular weight is 298 g/mol. The van der Waals surface area contributed by atoms with E-state index in [0.717, 1.165) is 30.4 Å². The number of nitrogens with two attached hydrogens (primary N) is 1. The van der Waals surface area contributed by atoms with E-state index in [2.05, 4.69) is 0 Å². The molecule has 0 aromatic heterocycles. The van der Waals surface area contributed by atoms with Crippen molar-refractivity contribution in [2.24, 2.45) is 5.73 Å². The highest BCUT2D eigenvalue weighted by atomic mass is 32.2. The Morgan fingerprint density at radius 2 is 2.00 bits per heavy atom. The second kappa shape index (κ2) is 6.67. The summed E-state index contributed by atoms with van der Waals surface area (Å²) >= 11 is 0. The number of nitrogens with zero attached hydrogens (tertiary/aromatic N) is 1. The lowest BCUT2D eigenvalue weighted by Gasteiger charge is -2.36. The maximum atomic E-state index is 12.5. The van der Waals surface area contributed by atoms with Gasteiger partial charge in [-0.05, 0) is 24.0 Å². The molecule has 3 N–H and O–H groups in total. The molecule has 0 spiro atoms. The van der Waals surface area contributed by atoms with Gasteiger partial charge in [0.15, 0.2) is 0 Å². The molecule has 2 rings (SSSR count). The number of hydrogen-bond acceptors (Lipinski definition) is 4. The van der Waals surface area contributed by atoms with Crippen molar-refractivity contribution in [1.82, 2.24) is 4.31 Å². The molecule has 0 radical (unpaired) electrons. The summed E-state index contributed by atoms with van der Waals surface area (Å²) in [6.45, 7) is 0.443. The molecular formula is C14H22N2O3S. The maximum absolute atomic E-state index is 12.5. The smallest absolute Gasteiger partial charge is 0.218 e. The summed E-state index contributed by atoms with van der Waals surface area (Å²) in [5.74, 6) is -0.0304. The van der Waals surface area contributed by atoms with Crippen molar-refractivity contribution in [2.75, 3.05) is 13.2 Å². The molecule has 0 unspecified atom stereocenters. The van der Waals surface area contributed by atoms with Crippen LogP contribution in [-0.4, -0.2) is 37.0 Å². The minimum Gasteiger partial charge on any atom is -0.395 e. The number of aliphatic hydroxyl groups is 1. The standard InChI is InChI=1S/C14H22N2O3S/c15-10-12-3-1-4-13(9-12)11-20(18,19)16(7-8-17)14-5-2-6-14/h1,3-4,9,14,17H,2,5-8,10-11,15H2. The van der Waals surface area contributed by atoms with Crippen LogP contribution >= 0.6 is 0 Å². The summed E-state index contributed by atoms with van der Waals surface area (Å²) in [4.78, 5) is 0. The number of hydrogen-bond donors (Lipinski definition) is 2. The number of sulfonamides is 1. The monoisotopic (exact) mass is 298 g/mol. The van der Waals surface area contributed by atoms with Crippen LogP contribution in [0.4, 0.5) is 0 Å². The topological polar surface area (TPSA) is 83.6 Å². The summed E-state index contributed by atoms with van der Waals surface area (Å²) in [5.41, 5.74) is 7.25. The predicted octanol–water partition coefficient (Wildman–Crippen LogP) is 0.822. The van der Waals surface area contributed by atoms with Gasteiger partial charge in [0.25, 0.3) is 0 Å². The van der Waals surface area contributed by atoms with Crippen LogP contribution < -0.4 is 5.73 Å². The molecule has 1 aliphatic rings. The first-order chi connectivity index (χ1) is 9.56. The molecule has 0 atom stereocenters. The molecule has 1 saturated carbocycles. The van der Waals surface area contributed by atoms with Crippen molar-refractivity contribution in [1.29, 1.82) is 0 Å². The Morgan fingerprint density at radius 3 is 2.55 bits per heavy atom. The minimum atomic E-state index is -3.39. The van der Waals surface area contributed by atoms with Gasteiger partial charge in [-0.2, -0.15) is 4.31 Å². The second-order valence-electron chi connectivity index (χ2n) is 5.20. The van der Waals surface area contributed by atoms with Gasteiger partial charge < -0.3 is 10.8 Å². The molecule has 1 aromatic carbocycles. The highest BCUT2D eigenvalue weighted by Crippen LogP contribution is 2.28. The highest BCUT2D eigenvalue weighted by Gasteiger charge is 2.33. The van der Waals surface area contributed by atoms with Crippen molar-refractivity contribution in [2.45, 2.75) is 37.6 Å². The van der Waals surface area contributed by atoms with Crippen LogP contribution in [0, 0.1) is 0 Å². The third kappa shape index (κ3) is 3.58. The Morgan fingerprint density at radius 1 is 1.30 bits per heavy atom. The molecule has 1 aromatic rings. The number of rotatable bonds is 7. The van der Waals surface area contributed by atoms with Crippen LogP contribution in [0.25, 0.3) is 0 Å². The van der Waals surface area contributed by atoms with E-state index in [1.165, 1.54) is 4.31 Å². The molecule has 0 saturated heterocycles. The predicted molar refractivity (Wildman–Crippen MR) is 78.4 cm³/mol. The van der Waals surface area contributed by atoms with E-state index in [-0.39, 0.29) is 24.9 Å². The molecule has 5 nitrogen and oxygen atoms in total. The Labute approximate surface area is 120 Å². The minimum absolute atomic E-state index is 0.0304. The molecule has 1 aliphatic carbocycles. The van der Waals surface area contributed by atoms with Crippen LogP contribution in [0.1, 0.15) is 30.4 Å². The fraction of sp³-hybridized carbons (Fsp3) is 0.571. The zero-order chi connectivity index (χ0) is 14.6. The fourth-order valence-electron chi connectivity index (χ4n) is 2.46. The van der Waals surface area contributed by atoms with E-state index in [4.69, 9.17) is 10.8 Å². The van der Waals surface area contributed by atoms with Crippen LogP contribution in [0.5, 0.6) is 0 Å². The largest absolute Gasteiger partial charge is 0.395 e. The second-order valence-corrected chi connectivity index (χ2v) is 7.12. The quantitative estimate of drug-likeness (QED) is 0.780. The molecule has 112 valence electrons. The Balaban J connectivity index is 2.15. The van der Waals surface area contributed by atoms with E-state index in [1.807, 2.05) is 18.2 Å². The van der Waals surface area contributed by atoms with Crippen molar-refractivity contribution in [3.8, 4) is 0 Å². The van der Waals surface area contributed by atoms with Crippen molar-refractivity contribution in [3.63, 3.8) is 0 Å². The Kier molecular flexibility index (Phi) is 5.15. The van der Waals surface area contributed by atoms with Gasteiger partial charge in [0.1, 0.15) is 0 Å². The molecule has 0 amide bonds. The van der Waals surface area contributed by atoms with Gasteiger partial charge in [0.2, 0.25) is 10.0 Å². The van der Waals surface area contributed by atoms with E-state index >= 15 is 0 Å². The van der Waals surface area contributed by atoms with Gasteiger partial charge in [0.05, 0.1) is 12.4 Å². The first-order valence-corrected chi connectivity index (χ1v) is 8.56. The third-order valence-corrected chi connectivity index (χ3v) is 5.63. The molecule has 1 fully saturated rings. The zero-order valence-electron chi connectivity index (χ0n) is 11.5. The molecule has 0 aliphatic heterocycles. The summed E-state index contributed by atoms with van der Waals surface area (Å²) in [6, 6.07) is 7.40. The van der Waals surface area contributed by atoms with Crippen LogP contribution in [-0.2, 0) is 22.3 Å². The highest BCUT2D eigenvalue weighted by molar-refractivity contribution is 7.88. The molecule has 0 heterocycles. The average Bonchev–Trinajstić information content (AvgIpc) is 2.36. The van der Waals surface area contributed by atoms with Crippen LogP contribution in [0.3, 0.4) is 0 Å². The van der Waals surface area contributed by atoms with E-state index in [9.17, 15) is 8.42 Å². The van der Waals surface area contributed by atoms with Gasteiger partial charge in [-0.25, -0.2) is 8.42 Å². The Bertz CT molecular complexity index is 541. The van der Waals surface area contributed by atoms with Crippen molar-refractivity contribution in [3.05, 3.63) is 35.4 Å². The molecular weight excluding hydrogens is 276 g/mol. The Hall–Kier alpha value is -0.950. The summed E-state index contributed by atoms with van der Waals surface area (Å²) < 4.78 is 26.5. The normalized spacial score (nSPS) is 16.4. The molecule has 6 heteroatoms. The van der Waals surface area contributed by atoms with Gasteiger partial charge >= 0.3 is 0 Å². The van der Waals surface area contributed by atoms with E-state index in [0.29, 0.717) is 6.54 Å². The SMILES string of the molecule is NCc1cccc(CS(=O)(=O)N(CCO)C2CCC2)c1. The van der Waals surface area contributed by atoms with E-state index < -0.39 is 10.0 Å². The number of aliphatic hydroxyl groups excluding tert-OH is 1. The lowest BCUT2D eigenvalue weighted by molar-refractivity contribution is 0.178. The lowest BCUT2D eigenvalue weighted by Crippen LogP contribution is -2.46. The summed E-state index contributed by atoms with van der Waals surface area (Å²) in [6.07, 6.45) is 2.84. The van der Waals surface area contributed by atoms with Crippen LogP contribution in [0.15, 0.2) is 24.3 Å². The van der Waals surface area contributed by atoms with Crippen molar-refractivity contribution < 1.29 is 13.5 Å². The fourth-order valence-corrected chi connectivity index (χ4v) is 4.25. The summed E-state index contributed by atoms with van der Waals surface area (Å²) in [7, 11) is -3.39. The van der Waals surface area contributed by atoms with Gasteiger partial charge in [-0.3, -0.25) is 0 Å².